The van der Waals surface area contributed by atoms with E-state index in [2.05, 4.69) is 4.94 Å². The van der Waals surface area contributed by atoms with Gasteiger partial charge in [-0.15, -0.1) is 0 Å². The van der Waals surface area contributed by atoms with E-state index in [1.165, 1.54) is 19.2 Å². The van der Waals surface area contributed by atoms with E-state index in [0.717, 1.165) is 6.07 Å². The molecule has 0 aliphatic carbocycles. The van der Waals surface area contributed by atoms with Crippen LogP contribution >= 0.6 is 0 Å². The first-order valence-corrected chi connectivity index (χ1v) is 3.39. The maximum Gasteiger partial charge on any atom is 0.339 e. The molecular weight excluding hydrogens is 179 g/mol. The van der Waals surface area contributed by atoms with Crippen LogP contribution in [0.1, 0.15) is 10.4 Å². The molecular formula is C8H7FO4. The number of methoxy groups -OCH3 is 1. The number of hydrogen-bond acceptors (Lipinski definition) is 3. The van der Waals surface area contributed by atoms with Crippen molar-refractivity contribution in [2.75, 3.05) is 7.11 Å². The lowest BCUT2D eigenvalue weighted by atomic mass is 10.2. The standard InChI is InChI=1S/C8H7FO4/c1-12-5-2-3-6(8(10)11)7(4-5)13-9/h2-4H,1H3,(H,10,11). The van der Waals surface area contributed by atoms with Gasteiger partial charge in [0.2, 0.25) is 0 Å². The van der Waals surface area contributed by atoms with Gasteiger partial charge in [-0.05, 0) is 12.1 Å². The van der Waals surface area contributed by atoms with Crippen molar-refractivity contribution >= 4 is 5.97 Å². The van der Waals surface area contributed by atoms with Crippen LogP contribution in [0.15, 0.2) is 18.2 Å². The van der Waals surface area contributed by atoms with E-state index in [4.69, 9.17) is 9.84 Å². The molecule has 4 nitrogen and oxygen atoms in total. The Morgan fingerprint density at radius 1 is 1.54 bits per heavy atom. The van der Waals surface area contributed by atoms with Crippen LogP contribution in [0.2, 0.25) is 0 Å². The summed E-state index contributed by atoms with van der Waals surface area (Å²) in [4.78, 5) is 13.9. The van der Waals surface area contributed by atoms with E-state index in [0.29, 0.717) is 5.75 Å². The molecule has 0 unspecified atom stereocenters. The molecule has 5 heteroatoms. The van der Waals surface area contributed by atoms with Crippen molar-refractivity contribution in [1.82, 2.24) is 0 Å². The zero-order valence-corrected chi connectivity index (χ0v) is 6.78. The fourth-order valence-electron chi connectivity index (χ4n) is 0.870. The minimum Gasteiger partial charge on any atom is -0.497 e. The van der Waals surface area contributed by atoms with Gasteiger partial charge in [-0.3, -0.25) is 4.94 Å². The number of aromatic carboxylic acids is 1. The Bertz CT molecular complexity index is 324. The number of carboxylic acids is 1. The third-order valence-corrected chi connectivity index (χ3v) is 1.50. The van der Waals surface area contributed by atoms with Gasteiger partial charge in [-0.1, -0.05) is 0 Å². The van der Waals surface area contributed by atoms with Crippen LogP contribution in [-0.2, 0) is 0 Å². The first kappa shape index (κ1) is 9.31. The maximum atomic E-state index is 11.8. The Hall–Kier alpha value is -1.78. The average Bonchev–Trinajstić information content (AvgIpc) is 2.16. The number of halogens is 1. The Labute approximate surface area is 73.4 Å². The number of hydrogen-bond donors (Lipinski definition) is 1. The fourth-order valence-corrected chi connectivity index (χ4v) is 0.870. The lowest BCUT2D eigenvalue weighted by Crippen LogP contribution is -1.99. The first-order chi connectivity index (χ1) is 6.19. The van der Waals surface area contributed by atoms with Gasteiger partial charge in [-0.25, -0.2) is 4.79 Å². The molecule has 0 saturated carbocycles. The molecule has 0 radical (unpaired) electrons. The monoisotopic (exact) mass is 186 g/mol. The smallest absolute Gasteiger partial charge is 0.339 e. The van der Waals surface area contributed by atoms with Gasteiger partial charge in [0.1, 0.15) is 11.3 Å². The van der Waals surface area contributed by atoms with Crippen LogP contribution in [0.3, 0.4) is 0 Å². The highest BCUT2D eigenvalue weighted by Crippen LogP contribution is 2.24. The predicted molar refractivity (Wildman–Crippen MR) is 41.7 cm³/mol. The van der Waals surface area contributed by atoms with Crippen LogP contribution < -0.4 is 9.68 Å². The van der Waals surface area contributed by atoms with Gasteiger partial charge in [-0.2, -0.15) is 0 Å². The number of carboxylic acid groups (broad SMARTS) is 1. The molecule has 0 spiro atoms. The van der Waals surface area contributed by atoms with Crippen LogP contribution in [0.5, 0.6) is 11.5 Å². The SMILES string of the molecule is COc1ccc(C(=O)O)c(OF)c1. The van der Waals surface area contributed by atoms with E-state index < -0.39 is 5.97 Å². The topological polar surface area (TPSA) is 55.8 Å². The number of ether oxygens (including phenoxy) is 1. The summed E-state index contributed by atoms with van der Waals surface area (Å²) in [5.41, 5.74) is -0.247. The first-order valence-electron chi connectivity index (χ1n) is 3.39. The second kappa shape index (κ2) is 3.75. The Kier molecular flexibility index (Phi) is 2.69. The third-order valence-electron chi connectivity index (χ3n) is 1.50. The lowest BCUT2D eigenvalue weighted by molar-refractivity contribution is -0.00802. The van der Waals surface area contributed by atoms with Gasteiger partial charge in [0.15, 0.2) is 5.75 Å². The molecule has 0 bridgehead atoms. The summed E-state index contributed by atoms with van der Waals surface area (Å²) in [5, 5.41) is 8.57. The molecule has 1 N–H and O–H groups in total. The van der Waals surface area contributed by atoms with Gasteiger partial charge < -0.3 is 9.84 Å². The summed E-state index contributed by atoms with van der Waals surface area (Å²) in [5.74, 6) is -1.29. The van der Waals surface area contributed by atoms with E-state index in [-0.39, 0.29) is 11.3 Å². The molecule has 0 aliphatic heterocycles. The summed E-state index contributed by atoms with van der Waals surface area (Å²) in [6.45, 7) is 0. The Morgan fingerprint density at radius 3 is 2.69 bits per heavy atom. The van der Waals surface area contributed by atoms with Crippen molar-refractivity contribution in [2.24, 2.45) is 0 Å². The van der Waals surface area contributed by atoms with Gasteiger partial charge in [0, 0.05) is 10.6 Å². The van der Waals surface area contributed by atoms with Gasteiger partial charge in [0.05, 0.1) is 7.11 Å². The molecule has 70 valence electrons. The van der Waals surface area contributed by atoms with Crippen molar-refractivity contribution in [3.8, 4) is 11.5 Å². The van der Waals surface area contributed by atoms with Crippen LogP contribution in [0, 0.1) is 0 Å². The molecule has 0 fully saturated rings. The third kappa shape index (κ3) is 1.87. The summed E-state index contributed by atoms with van der Waals surface area (Å²) in [6, 6.07) is 3.77. The van der Waals surface area contributed by atoms with E-state index >= 15 is 0 Å². The summed E-state index contributed by atoms with van der Waals surface area (Å²) in [7, 11) is 1.39. The zero-order valence-electron chi connectivity index (χ0n) is 6.78. The molecule has 0 aliphatic rings. The second-order valence-corrected chi connectivity index (χ2v) is 2.24. The molecule has 0 amide bonds. The van der Waals surface area contributed by atoms with Crippen LogP contribution in [0.4, 0.5) is 4.53 Å². The van der Waals surface area contributed by atoms with Crippen molar-refractivity contribution < 1.29 is 24.1 Å². The van der Waals surface area contributed by atoms with E-state index in [9.17, 15) is 9.32 Å². The minimum atomic E-state index is -1.25. The Morgan fingerprint density at radius 2 is 2.23 bits per heavy atom. The van der Waals surface area contributed by atoms with Crippen molar-refractivity contribution in [1.29, 1.82) is 0 Å². The average molecular weight is 186 g/mol. The molecule has 1 aromatic rings. The molecule has 13 heavy (non-hydrogen) atoms. The van der Waals surface area contributed by atoms with Gasteiger partial charge in [0.25, 0.3) is 0 Å². The van der Waals surface area contributed by atoms with Crippen molar-refractivity contribution in [2.45, 2.75) is 0 Å². The largest absolute Gasteiger partial charge is 0.497 e. The normalized spacial score (nSPS) is 9.38. The molecule has 0 aromatic heterocycles. The quantitative estimate of drug-likeness (QED) is 0.779. The summed E-state index contributed by atoms with van der Waals surface area (Å²) < 4.78 is 16.6. The molecule has 0 atom stereocenters. The maximum absolute atomic E-state index is 11.8. The fraction of sp³-hybridized carbons (Fsp3) is 0.125. The molecule has 1 rings (SSSR count). The second-order valence-electron chi connectivity index (χ2n) is 2.24. The van der Waals surface area contributed by atoms with Crippen LogP contribution in [-0.4, -0.2) is 18.2 Å². The van der Waals surface area contributed by atoms with Crippen molar-refractivity contribution in [3.05, 3.63) is 23.8 Å². The highest BCUT2D eigenvalue weighted by atomic mass is 19.3. The number of benzene rings is 1. The summed E-state index contributed by atoms with van der Waals surface area (Å²) >= 11 is 0. The summed E-state index contributed by atoms with van der Waals surface area (Å²) in [6.07, 6.45) is 0. The number of carbonyl (C=O) groups is 1. The van der Waals surface area contributed by atoms with Crippen molar-refractivity contribution in [3.63, 3.8) is 0 Å². The highest BCUT2D eigenvalue weighted by molar-refractivity contribution is 5.91. The number of rotatable bonds is 3. The minimum absolute atomic E-state index is 0.247. The van der Waals surface area contributed by atoms with Gasteiger partial charge >= 0.3 is 5.97 Å². The molecule has 0 heterocycles. The van der Waals surface area contributed by atoms with Crippen LogP contribution in [0.25, 0.3) is 0 Å². The lowest BCUT2D eigenvalue weighted by Gasteiger charge is -2.03. The zero-order chi connectivity index (χ0) is 9.84. The predicted octanol–water partition coefficient (Wildman–Crippen LogP) is 1.66. The van der Waals surface area contributed by atoms with E-state index in [1.807, 2.05) is 0 Å². The molecule has 1 aromatic carbocycles. The molecule has 0 saturated heterocycles. The highest BCUT2D eigenvalue weighted by Gasteiger charge is 2.12. The van der Waals surface area contributed by atoms with E-state index in [1.54, 1.807) is 0 Å². The Balaban J connectivity index is 3.15.